The van der Waals surface area contributed by atoms with Crippen LogP contribution >= 0.6 is 11.8 Å². The van der Waals surface area contributed by atoms with E-state index in [0.717, 1.165) is 27.1 Å². The second-order valence-corrected chi connectivity index (χ2v) is 10.3. The average Bonchev–Trinajstić information content (AvgIpc) is 2.82. The van der Waals surface area contributed by atoms with Crippen molar-refractivity contribution in [3.8, 4) is 0 Å². The van der Waals surface area contributed by atoms with Gasteiger partial charge in [-0.15, -0.1) is 0 Å². The molecule has 0 aliphatic heterocycles. The van der Waals surface area contributed by atoms with E-state index in [2.05, 4.69) is 10.3 Å². The van der Waals surface area contributed by atoms with Gasteiger partial charge in [-0.05, 0) is 48.9 Å². The Balaban J connectivity index is 1.32. The molecule has 5 nitrogen and oxygen atoms in total. The first-order chi connectivity index (χ1) is 15.4. The molecular formula is C25H22N2O3S2. The van der Waals surface area contributed by atoms with Gasteiger partial charge in [0.1, 0.15) is 0 Å². The Labute approximate surface area is 191 Å². The molecule has 0 aliphatic carbocycles. The van der Waals surface area contributed by atoms with E-state index in [4.69, 9.17) is 0 Å². The summed E-state index contributed by atoms with van der Waals surface area (Å²) < 4.78 is 25.5. The molecule has 1 N–H and O–H groups in total. The quantitative estimate of drug-likeness (QED) is 0.400. The van der Waals surface area contributed by atoms with Crippen molar-refractivity contribution in [1.29, 1.82) is 0 Å². The Morgan fingerprint density at radius 3 is 2.25 bits per heavy atom. The maximum Gasteiger partial charge on any atom is 0.230 e. The van der Waals surface area contributed by atoms with Gasteiger partial charge in [0, 0.05) is 11.9 Å². The van der Waals surface area contributed by atoms with Crippen molar-refractivity contribution in [3.63, 3.8) is 0 Å². The number of hydrogen-bond donors (Lipinski definition) is 1. The molecule has 4 aromatic rings. The number of amides is 1. The Kier molecular flexibility index (Phi) is 6.58. The first-order valence-corrected chi connectivity index (χ1v) is 12.5. The van der Waals surface area contributed by atoms with Gasteiger partial charge in [-0.1, -0.05) is 65.9 Å². The number of fused-ring (bicyclic) bond motifs is 1. The smallest absolute Gasteiger partial charge is 0.230 e. The molecule has 32 heavy (non-hydrogen) atoms. The van der Waals surface area contributed by atoms with E-state index in [0.29, 0.717) is 6.54 Å². The number of thioether (sulfide) groups is 1. The van der Waals surface area contributed by atoms with Crippen LogP contribution in [0.3, 0.4) is 0 Å². The van der Waals surface area contributed by atoms with Crippen LogP contribution in [0.1, 0.15) is 11.1 Å². The van der Waals surface area contributed by atoms with E-state index in [1.165, 1.54) is 11.8 Å². The molecule has 1 amide bonds. The van der Waals surface area contributed by atoms with Crippen molar-refractivity contribution in [1.82, 2.24) is 10.3 Å². The summed E-state index contributed by atoms with van der Waals surface area (Å²) >= 11 is 1.38. The third-order valence-corrected chi connectivity index (χ3v) is 7.69. The number of para-hydroxylation sites is 1. The van der Waals surface area contributed by atoms with Crippen molar-refractivity contribution in [2.45, 2.75) is 28.3 Å². The minimum absolute atomic E-state index is 0.110. The number of nitrogens with one attached hydrogen (secondary N) is 1. The van der Waals surface area contributed by atoms with E-state index in [1.54, 1.807) is 48.5 Å². The highest BCUT2D eigenvalue weighted by Crippen LogP contribution is 2.22. The van der Waals surface area contributed by atoms with E-state index in [1.807, 2.05) is 43.3 Å². The highest BCUT2D eigenvalue weighted by Gasteiger charge is 2.17. The van der Waals surface area contributed by atoms with Gasteiger partial charge in [-0.3, -0.25) is 4.79 Å². The second-order valence-electron chi connectivity index (χ2n) is 7.37. The van der Waals surface area contributed by atoms with Crippen LogP contribution in [0.4, 0.5) is 0 Å². The number of hydrogen-bond acceptors (Lipinski definition) is 5. The molecule has 0 bridgehead atoms. The first-order valence-electron chi connectivity index (χ1n) is 10.1. The molecule has 0 aliphatic rings. The van der Waals surface area contributed by atoms with Crippen LogP contribution < -0.4 is 5.32 Å². The lowest BCUT2D eigenvalue weighted by Crippen LogP contribution is -2.24. The number of carbonyl (C=O) groups excluding carboxylic acids is 1. The average molecular weight is 463 g/mol. The summed E-state index contributed by atoms with van der Waals surface area (Å²) in [5, 5.41) is 4.73. The lowest BCUT2D eigenvalue weighted by molar-refractivity contribution is -0.118. The molecule has 0 saturated carbocycles. The number of carbonyl (C=O) groups is 1. The molecule has 4 rings (SSSR count). The molecule has 0 atom stereocenters. The van der Waals surface area contributed by atoms with Gasteiger partial charge in [0.15, 0.2) is 0 Å². The van der Waals surface area contributed by atoms with Crippen LogP contribution in [-0.2, 0) is 21.2 Å². The molecule has 162 valence electrons. The SMILES string of the molecule is Cc1ccc(S(=O)(=O)c2ccc(CNC(=O)CSc3ccc4ccccc4n3)cc2)cc1. The number of sulfone groups is 1. The summed E-state index contributed by atoms with van der Waals surface area (Å²) in [5.74, 6) is 0.145. The predicted octanol–water partition coefficient (Wildman–Crippen LogP) is 4.78. The van der Waals surface area contributed by atoms with Crippen molar-refractivity contribution < 1.29 is 13.2 Å². The standard InChI is InChI=1S/C25H22N2O3S2/c1-18-6-11-21(12-7-18)32(29,30)22-13-8-19(9-14-22)16-26-24(28)17-31-25-15-10-20-4-2-3-5-23(20)27-25/h2-15H,16-17H2,1H3,(H,26,28). The van der Waals surface area contributed by atoms with Gasteiger partial charge in [0.2, 0.25) is 15.7 Å². The fourth-order valence-corrected chi connectivity index (χ4v) is 5.13. The van der Waals surface area contributed by atoms with E-state index >= 15 is 0 Å². The Morgan fingerprint density at radius 2 is 1.53 bits per heavy atom. The maximum atomic E-state index is 12.7. The third kappa shape index (κ3) is 5.18. The summed E-state index contributed by atoms with van der Waals surface area (Å²) in [4.78, 5) is 17.3. The third-order valence-electron chi connectivity index (χ3n) is 4.98. The predicted molar refractivity (Wildman–Crippen MR) is 127 cm³/mol. The molecule has 3 aromatic carbocycles. The fraction of sp³-hybridized carbons (Fsp3) is 0.120. The Bertz CT molecular complexity index is 1350. The van der Waals surface area contributed by atoms with Crippen LogP contribution in [0.2, 0.25) is 0 Å². The number of rotatable bonds is 7. The molecule has 0 unspecified atom stereocenters. The lowest BCUT2D eigenvalue weighted by Gasteiger charge is -2.08. The first kappa shape index (κ1) is 22.0. The fourth-order valence-electron chi connectivity index (χ4n) is 3.16. The molecule has 0 saturated heterocycles. The Morgan fingerprint density at radius 1 is 0.875 bits per heavy atom. The molecule has 0 fully saturated rings. The minimum Gasteiger partial charge on any atom is -0.351 e. The molecular weight excluding hydrogens is 440 g/mol. The summed E-state index contributed by atoms with van der Waals surface area (Å²) in [7, 11) is -3.56. The van der Waals surface area contributed by atoms with Gasteiger partial charge in [-0.2, -0.15) is 0 Å². The molecule has 1 aromatic heterocycles. The van der Waals surface area contributed by atoms with Crippen molar-refractivity contribution in [3.05, 3.63) is 96.1 Å². The zero-order valence-electron chi connectivity index (χ0n) is 17.5. The van der Waals surface area contributed by atoms with Gasteiger partial charge < -0.3 is 5.32 Å². The molecule has 1 heterocycles. The van der Waals surface area contributed by atoms with Crippen LogP contribution in [-0.4, -0.2) is 25.1 Å². The van der Waals surface area contributed by atoms with Crippen LogP contribution in [0.25, 0.3) is 10.9 Å². The molecule has 0 spiro atoms. The maximum absolute atomic E-state index is 12.7. The van der Waals surface area contributed by atoms with Crippen LogP contribution in [0.15, 0.2) is 99.7 Å². The molecule has 0 radical (unpaired) electrons. The van der Waals surface area contributed by atoms with Gasteiger partial charge in [-0.25, -0.2) is 13.4 Å². The lowest BCUT2D eigenvalue weighted by atomic mass is 10.2. The monoisotopic (exact) mass is 462 g/mol. The van der Waals surface area contributed by atoms with Crippen LogP contribution in [0, 0.1) is 6.92 Å². The Hall–Kier alpha value is -3.16. The van der Waals surface area contributed by atoms with Gasteiger partial charge in [0.05, 0.1) is 26.1 Å². The van der Waals surface area contributed by atoms with E-state index in [-0.39, 0.29) is 21.5 Å². The zero-order valence-corrected chi connectivity index (χ0v) is 19.1. The zero-order chi connectivity index (χ0) is 22.6. The van der Waals surface area contributed by atoms with Crippen molar-refractivity contribution in [2.75, 3.05) is 5.75 Å². The normalized spacial score (nSPS) is 11.4. The number of aromatic nitrogens is 1. The number of pyridine rings is 1. The van der Waals surface area contributed by atoms with E-state index < -0.39 is 9.84 Å². The van der Waals surface area contributed by atoms with Crippen molar-refractivity contribution >= 4 is 38.4 Å². The highest BCUT2D eigenvalue weighted by molar-refractivity contribution is 7.99. The topological polar surface area (TPSA) is 76.1 Å². The number of nitrogens with zero attached hydrogens (tertiary/aromatic N) is 1. The largest absolute Gasteiger partial charge is 0.351 e. The number of benzene rings is 3. The van der Waals surface area contributed by atoms with Crippen molar-refractivity contribution in [2.24, 2.45) is 0 Å². The summed E-state index contributed by atoms with van der Waals surface area (Å²) in [6.45, 7) is 2.24. The van der Waals surface area contributed by atoms with E-state index in [9.17, 15) is 13.2 Å². The van der Waals surface area contributed by atoms with Gasteiger partial charge in [0.25, 0.3) is 0 Å². The summed E-state index contributed by atoms with van der Waals surface area (Å²) in [6.07, 6.45) is 0. The highest BCUT2D eigenvalue weighted by atomic mass is 32.2. The number of aryl methyl sites for hydroxylation is 1. The summed E-state index contributed by atoms with van der Waals surface area (Å²) in [6, 6.07) is 25.1. The summed E-state index contributed by atoms with van der Waals surface area (Å²) in [5.41, 5.74) is 2.73. The van der Waals surface area contributed by atoms with Gasteiger partial charge >= 0.3 is 0 Å². The minimum atomic E-state index is -3.56. The molecule has 7 heteroatoms. The second kappa shape index (κ2) is 9.54. The van der Waals surface area contributed by atoms with Crippen LogP contribution in [0.5, 0.6) is 0 Å².